The number of piperidine rings is 2. The molecule has 0 atom stereocenters. The number of hydrogen-bond acceptors (Lipinski definition) is 7. The molecule has 45 heavy (non-hydrogen) atoms. The molecule has 5 N–H and O–H groups in total. The minimum atomic E-state index is -4.72. The summed E-state index contributed by atoms with van der Waals surface area (Å²) < 4.78 is 86.3. The van der Waals surface area contributed by atoms with Gasteiger partial charge < -0.3 is 35.9 Å². The van der Waals surface area contributed by atoms with Gasteiger partial charge in [-0.15, -0.1) is 26.3 Å². The van der Waals surface area contributed by atoms with Gasteiger partial charge in [0.15, 0.2) is 0 Å². The van der Waals surface area contributed by atoms with Crippen molar-refractivity contribution in [2.45, 2.75) is 75.6 Å². The van der Waals surface area contributed by atoms with Crippen molar-refractivity contribution in [2.24, 2.45) is 11.5 Å². The second kappa shape index (κ2) is 14.5. The van der Waals surface area contributed by atoms with Gasteiger partial charge in [-0.05, 0) is 94.9 Å². The third-order valence-corrected chi connectivity index (χ3v) is 8.11. The van der Waals surface area contributed by atoms with Crippen LogP contribution in [0.3, 0.4) is 0 Å². The Hall–Kier alpha value is -3.23. The van der Waals surface area contributed by atoms with E-state index in [-0.39, 0.29) is 28.4 Å². The number of nitrogens with zero attached hydrogens (tertiary/aromatic N) is 1. The number of carbonyl (C=O) groups excluding carboxylic acids is 1. The van der Waals surface area contributed by atoms with E-state index >= 15 is 0 Å². The van der Waals surface area contributed by atoms with Crippen molar-refractivity contribution in [2.75, 3.05) is 39.3 Å². The summed E-state index contributed by atoms with van der Waals surface area (Å²) in [5, 5.41) is 3.26. The van der Waals surface area contributed by atoms with Crippen molar-refractivity contribution in [3.8, 4) is 11.5 Å². The van der Waals surface area contributed by atoms with Crippen molar-refractivity contribution >= 4 is 6.09 Å². The number of carbonyl (C=O) groups is 1. The van der Waals surface area contributed by atoms with Crippen LogP contribution >= 0.6 is 0 Å². The van der Waals surface area contributed by atoms with Crippen molar-refractivity contribution in [3.63, 3.8) is 0 Å². The molecule has 0 spiro atoms. The Balaban J connectivity index is 0.000000257. The van der Waals surface area contributed by atoms with Gasteiger partial charge in [-0.2, -0.15) is 0 Å². The molecule has 8 nitrogen and oxygen atoms in total. The number of hydrogen-bond donors (Lipinski definition) is 3. The van der Waals surface area contributed by atoms with E-state index in [0.717, 1.165) is 37.1 Å². The number of alkyl halides is 6. The number of nitrogens with two attached hydrogens (primary N) is 2. The summed E-state index contributed by atoms with van der Waals surface area (Å²) in [6.07, 6.45) is -6.72. The summed E-state index contributed by atoms with van der Waals surface area (Å²) >= 11 is 0. The molecule has 2 aliphatic rings. The lowest BCUT2D eigenvalue weighted by Crippen LogP contribution is -2.49. The molecule has 2 aromatic rings. The van der Waals surface area contributed by atoms with Gasteiger partial charge >= 0.3 is 18.8 Å². The molecule has 2 aliphatic heterocycles. The molecule has 2 heterocycles. The zero-order chi connectivity index (χ0) is 33.5. The normalized spacial score (nSPS) is 18.3. The Morgan fingerprint density at radius 2 is 1.11 bits per heavy atom. The molecule has 0 bridgehead atoms. The molecule has 0 saturated carbocycles. The number of amides is 1. The number of nitrogens with one attached hydrogen (secondary N) is 1. The van der Waals surface area contributed by atoms with E-state index in [1.807, 2.05) is 20.8 Å². The first-order chi connectivity index (χ1) is 20.9. The van der Waals surface area contributed by atoms with Crippen LogP contribution in [0.4, 0.5) is 31.1 Å². The van der Waals surface area contributed by atoms with E-state index in [4.69, 9.17) is 16.2 Å². The molecule has 1 amide bonds. The van der Waals surface area contributed by atoms with E-state index in [0.29, 0.717) is 39.0 Å². The summed E-state index contributed by atoms with van der Waals surface area (Å²) in [4.78, 5) is 13.8. The van der Waals surface area contributed by atoms with Gasteiger partial charge in [-0.25, -0.2) is 4.79 Å². The maximum atomic E-state index is 12.3. The highest BCUT2D eigenvalue weighted by Crippen LogP contribution is 2.37. The van der Waals surface area contributed by atoms with Crippen molar-refractivity contribution in [3.05, 3.63) is 59.7 Å². The van der Waals surface area contributed by atoms with Crippen LogP contribution in [0.1, 0.15) is 57.6 Å². The lowest BCUT2D eigenvalue weighted by Gasteiger charge is -2.41. The van der Waals surface area contributed by atoms with E-state index in [9.17, 15) is 31.1 Å². The summed E-state index contributed by atoms with van der Waals surface area (Å²) in [5.41, 5.74) is 12.6. The topological polar surface area (TPSA) is 112 Å². The number of halogens is 6. The third kappa shape index (κ3) is 10.7. The Kier molecular flexibility index (Phi) is 11.6. The van der Waals surface area contributed by atoms with Crippen LogP contribution in [0, 0.1) is 0 Å². The average molecular weight is 649 g/mol. The van der Waals surface area contributed by atoms with Crippen LogP contribution in [0.15, 0.2) is 48.5 Å². The minimum Gasteiger partial charge on any atom is -0.444 e. The first-order valence-corrected chi connectivity index (χ1v) is 14.7. The Labute approximate surface area is 259 Å². The van der Waals surface area contributed by atoms with Crippen molar-refractivity contribution in [1.29, 1.82) is 0 Å². The molecule has 0 unspecified atom stereocenters. The summed E-state index contributed by atoms with van der Waals surface area (Å²) in [6, 6.07) is 11.9. The van der Waals surface area contributed by atoms with Gasteiger partial charge in [0.1, 0.15) is 17.1 Å². The molecular weight excluding hydrogens is 606 g/mol. The zero-order valence-corrected chi connectivity index (χ0v) is 25.7. The first kappa shape index (κ1) is 36.2. The van der Waals surface area contributed by atoms with E-state index in [1.54, 1.807) is 29.2 Å². The predicted molar refractivity (Wildman–Crippen MR) is 157 cm³/mol. The van der Waals surface area contributed by atoms with Crippen LogP contribution < -0.4 is 26.3 Å². The second-order valence-corrected chi connectivity index (χ2v) is 12.3. The summed E-state index contributed by atoms with van der Waals surface area (Å²) in [7, 11) is 0. The van der Waals surface area contributed by atoms with Crippen LogP contribution in [-0.2, 0) is 15.6 Å². The van der Waals surface area contributed by atoms with E-state index in [1.165, 1.54) is 24.3 Å². The highest BCUT2D eigenvalue weighted by Gasteiger charge is 2.38. The van der Waals surface area contributed by atoms with E-state index in [2.05, 4.69) is 14.8 Å². The van der Waals surface area contributed by atoms with Gasteiger partial charge in [0.25, 0.3) is 0 Å². The SMILES string of the molecule is CC(C)(C)OC(=O)N1CCC(CN)(c2ccc(OC(F)(F)F)cc2)CC1.NCC1(c2ccc(OC(F)(F)F)cc2)CCNCC1. The van der Waals surface area contributed by atoms with Gasteiger partial charge in [0.05, 0.1) is 0 Å². The van der Waals surface area contributed by atoms with Crippen LogP contribution in [0.5, 0.6) is 11.5 Å². The van der Waals surface area contributed by atoms with Crippen molar-refractivity contribution in [1.82, 2.24) is 10.2 Å². The number of benzene rings is 2. The average Bonchev–Trinajstić information content (AvgIpc) is 2.96. The maximum absolute atomic E-state index is 12.3. The summed E-state index contributed by atoms with van der Waals surface area (Å²) in [5.74, 6) is -0.461. The number of likely N-dealkylation sites (tertiary alicyclic amines) is 1. The zero-order valence-electron chi connectivity index (χ0n) is 25.7. The third-order valence-electron chi connectivity index (χ3n) is 8.11. The molecule has 2 fully saturated rings. The largest absolute Gasteiger partial charge is 0.573 e. The molecule has 14 heteroatoms. The number of rotatable bonds is 6. The first-order valence-electron chi connectivity index (χ1n) is 14.7. The molecule has 2 saturated heterocycles. The lowest BCUT2D eigenvalue weighted by molar-refractivity contribution is -0.275. The van der Waals surface area contributed by atoms with Gasteiger partial charge in [-0.3, -0.25) is 0 Å². The molecule has 252 valence electrons. The predicted octanol–water partition coefficient (Wildman–Crippen LogP) is 5.98. The smallest absolute Gasteiger partial charge is 0.444 e. The van der Waals surface area contributed by atoms with Crippen molar-refractivity contribution < 1.29 is 45.3 Å². The maximum Gasteiger partial charge on any atom is 0.573 e. The Morgan fingerprint density at radius 3 is 1.44 bits per heavy atom. The Morgan fingerprint density at radius 1 is 0.733 bits per heavy atom. The minimum absolute atomic E-state index is 0.137. The molecule has 0 aromatic heterocycles. The van der Waals surface area contributed by atoms with Crippen LogP contribution in [0.25, 0.3) is 0 Å². The molecule has 2 aromatic carbocycles. The van der Waals surface area contributed by atoms with Crippen LogP contribution in [-0.4, -0.2) is 68.6 Å². The van der Waals surface area contributed by atoms with Crippen LogP contribution in [0.2, 0.25) is 0 Å². The highest BCUT2D eigenvalue weighted by molar-refractivity contribution is 5.68. The number of ether oxygens (including phenoxy) is 3. The molecule has 4 rings (SSSR count). The fourth-order valence-electron chi connectivity index (χ4n) is 5.59. The highest BCUT2D eigenvalue weighted by atomic mass is 19.4. The fourth-order valence-corrected chi connectivity index (χ4v) is 5.59. The van der Waals surface area contributed by atoms with Gasteiger partial charge in [-0.1, -0.05) is 24.3 Å². The van der Waals surface area contributed by atoms with Gasteiger partial charge in [0, 0.05) is 37.0 Å². The molecule has 0 aliphatic carbocycles. The monoisotopic (exact) mass is 648 g/mol. The second-order valence-electron chi connectivity index (χ2n) is 12.3. The molecular formula is C31H42F6N4O4. The summed E-state index contributed by atoms with van der Waals surface area (Å²) in [6.45, 7) is 8.97. The Bertz CT molecular complexity index is 1220. The fraction of sp³-hybridized carbons (Fsp3) is 0.581. The lowest BCUT2D eigenvalue weighted by atomic mass is 9.73. The van der Waals surface area contributed by atoms with E-state index < -0.39 is 18.3 Å². The standard InChI is InChI=1S/C18H25F3N2O3.C13H17F3N2O/c1-16(2,3)26-15(24)23-10-8-17(12-22,9-11-23)13-4-6-14(7-5-13)25-18(19,20)21;14-13(15,16)19-11-3-1-10(2-4-11)12(9-17)5-7-18-8-6-12/h4-7H,8-12,22H2,1-3H3;1-4,18H,5-9,17H2. The van der Waals surface area contributed by atoms with Gasteiger partial charge in [0.2, 0.25) is 0 Å². The quantitative estimate of drug-likeness (QED) is 0.331. The molecule has 0 radical (unpaired) electrons.